The van der Waals surface area contributed by atoms with Gasteiger partial charge in [-0.1, -0.05) is 0 Å². The number of rotatable bonds is 5. The first-order valence-corrected chi connectivity index (χ1v) is 10.3. The number of nitrogens with one attached hydrogen (secondary N) is 1. The molecule has 0 aromatic heterocycles. The molecule has 2 saturated heterocycles. The van der Waals surface area contributed by atoms with Crippen LogP contribution < -0.4 is 5.32 Å². The van der Waals surface area contributed by atoms with Crippen LogP contribution in [0.25, 0.3) is 0 Å². The molecule has 29 heavy (non-hydrogen) atoms. The van der Waals surface area contributed by atoms with Crippen molar-refractivity contribution in [1.29, 1.82) is 0 Å². The van der Waals surface area contributed by atoms with Crippen LogP contribution in [-0.2, 0) is 19.4 Å². The number of benzene rings is 1. The Kier molecular flexibility index (Phi) is 5.72. The minimum Gasteiger partial charge on any atom is -0.464 e. The zero-order valence-corrected chi connectivity index (χ0v) is 15.8. The van der Waals surface area contributed by atoms with E-state index in [9.17, 15) is 36.5 Å². The second kappa shape index (κ2) is 7.78. The second-order valence-electron chi connectivity index (χ2n) is 6.81. The molecule has 1 aromatic carbocycles. The summed E-state index contributed by atoms with van der Waals surface area (Å²) in [7, 11) is -5.69. The number of nitro benzene ring substituents is 1. The number of cyclic esters (lactones) is 1. The fourth-order valence-corrected chi connectivity index (χ4v) is 4.26. The number of alkyl halides is 3. The molecule has 1 atom stereocenters. The van der Waals surface area contributed by atoms with Gasteiger partial charge in [0.2, 0.25) is 0 Å². The van der Waals surface area contributed by atoms with Crippen molar-refractivity contribution >= 4 is 27.2 Å². The third-order valence-electron chi connectivity index (χ3n) is 5.02. The fraction of sp³-hybridized carbons (Fsp3) is 0.562. The first kappa shape index (κ1) is 21.3. The molecule has 0 amide bonds. The van der Waals surface area contributed by atoms with Crippen LogP contribution in [0.1, 0.15) is 19.3 Å². The highest BCUT2D eigenvalue weighted by Crippen LogP contribution is 2.35. The largest absolute Gasteiger partial charge is 0.501 e. The van der Waals surface area contributed by atoms with E-state index in [-0.39, 0.29) is 23.7 Å². The number of anilines is 1. The van der Waals surface area contributed by atoms with Crippen molar-refractivity contribution < 1.29 is 36.0 Å². The standard InChI is InChI=1S/C16H18F3N3O6S/c17-16(18,19)29(26,27)11-1-2-12(14(9-11)22(24)25)20-10-3-6-21(7-4-10)13-5-8-28-15(13)23/h1-2,9-10,13,20H,3-8H2/t13-/m1/s1. The third kappa shape index (κ3) is 4.29. The van der Waals surface area contributed by atoms with Crippen LogP contribution in [0.15, 0.2) is 23.1 Å². The Bertz CT molecular complexity index is 913. The van der Waals surface area contributed by atoms with E-state index in [0.29, 0.717) is 51.1 Å². The molecular weight excluding hydrogens is 419 g/mol. The fourth-order valence-electron chi connectivity index (χ4n) is 3.48. The lowest BCUT2D eigenvalue weighted by atomic mass is 10.0. The van der Waals surface area contributed by atoms with Crippen LogP contribution in [0.2, 0.25) is 0 Å². The van der Waals surface area contributed by atoms with Gasteiger partial charge in [-0.05, 0) is 25.0 Å². The Balaban J connectivity index is 1.73. The Morgan fingerprint density at radius 2 is 1.86 bits per heavy atom. The number of esters is 1. The Labute approximate surface area is 163 Å². The number of sulfone groups is 1. The molecule has 160 valence electrons. The van der Waals surface area contributed by atoms with E-state index in [4.69, 9.17) is 4.74 Å². The minimum absolute atomic E-state index is 0.0603. The molecule has 2 heterocycles. The molecule has 2 aliphatic rings. The summed E-state index contributed by atoms with van der Waals surface area (Å²) in [6.07, 6.45) is 1.70. The minimum atomic E-state index is -5.69. The molecule has 1 aromatic rings. The number of nitro groups is 1. The molecular formula is C16H18F3N3O6S. The van der Waals surface area contributed by atoms with Crippen LogP contribution in [0.3, 0.4) is 0 Å². The van der Waals surface area contributed by atoms with Crippen molar-refractivity contribution in [1.82, 2.24) is 4.90 Å². The Morgan fingerprint density at radius 1 is 1.21 bits per heavy atom. The summed E-state index contributed by atoms with van der Waals surface area (Å²) in [5, 5.41) is 14.2. The van der Waals surface area contributed by atoms with Gasteiger partial charge >= 0.3 is 11.5 Å². The topological polar surface area (TPSA) is 119 Å². The summed E-state index contributed by atoms with van der Waals surface area (Å²) in [5.41, 5.74) is -6.36. The van der Waals surface area contributed by atoms with Crippen LogP contribution in [0, 0.1) is 10.1 Å². The second-order valence-corrected chi connectivity index (χ2v) is 8.75. The first-order chi connectivity index (χ1) is 13.5. The molecule has 0 spiro atoms. The average molecular weight is 437 g/mol. The van der Waals surface area contributed by atoms with E-state index in [1.165, 1.54) is 0 Å². The van der Waals surface area contributed by atoms with E-state index in [0.717, 1.165) is 6.07 Å². The van der Waals surface area contributed by atoms with Crippen LogP contribution >= 0.6 is 0 Å². The molecule has 2 aliphatic heterocycles. The van der Waals surface area contributed by atoms with Gasteiger partial charge in [0.1, 0.15) is 11.7 Å². The normalized spacial score (nSPS) is 21.8. The highest BCUT2D eigenvalue weighted by Gasteiger charge is 2.47. The highest BCUT2D eigenvalue weighted by atomic mass is 32.2. The highest BCUT2D eigenvalue weighted by molar-refractivity contribution is 7.92. The Hall–Kier alpha value is -2.41. The van der Waals surface area contributed by atoms with Crippen LogP contribution in [0.5, 0.6) is 0 Å². The maximum Gasteiger partial charge on any atom is 0.501 e. The van der Waals surface area contributed by atoms with E-state index in [1.54, 1.807) is 0 Å². The summed E-state index contributed by atoms with van der Waals surface area (Å²) in [4.78, 5) is 22.8. The van der Waals surface area contributed by atoms with Crippen molar-refractivity contribution in [3.05, 3.63) is 28.3 Å². The van der Waals surface area contributed by atoms with Gasteiger partial charge in [-0.25, -0.2) is 8.42 Å². The SMILES string of the molecule is O=C1OCC[C@H]1N1CCC(Nc2ccc(S(=O)(=O)C(F)(F)F)cc2[N+](=O)[O-])CC1. The smallest absolute Gasteiger partial charge is 0.464 e. The van der Waals surface area contributed by atoms with Crippen molar-refractivity contribution in [2.75, 3.05) is 25.0 Å². The summed E-state index contributed by atoms with van der Waals surface area (Å²) >= 11 is 0. The third-order valence-corrected chi connectivity index (χ3v) is 6.50. The number of nitrogens with zero attached hydrogens (tertiary/aromatic N) is 2. The summed E-state index contributed by atoms with van der Waals surface area (Å²) in [5.74, 6) is -0.270. The molecule has 13 heteroatoms. The number of hydrogen-bond acceptors (Lipinski definition) is 8. The van der Waals surface area contributed by atoms with Gasteiger partial charge in [0, 0.05) is 31.6 Å². The predicted octanol–water partition coefficient (Wildman–Crippen LogP) is 2.08. The van der Waals surface area contributed by atoms with Gasteiger partial charge in [0.25, 0.3) is 15.5 Å². The number of carbonyl (C=O) groups excluding carboxylic acids is 1. The van der Waals surface area contributed by atoms with Crippen LogP contribution in [-0.4, -0.2) is 61.5 Å². The zero-order chi connectivity index (χ0) is 21.4. The van der Waals surface area contributed by atoms with E-state index in [1.807, 2.05) is 4.90 Å². The number of ether oxygens (including phenoxy) is 1. The molecule has 0 bridgehead atoms. The first-order valence-electron chi connectivity index (χ1n) is 8.77. The number of carbonyl (C=O) groups is 1. The van der Waals surface area contributed by atoms with Crippen molar-refractivity contribution in [2.24, 2.45) is 0 Å². The summed E-state index contributed by atoms with van der Waals surface area (Å²) in [6.45, 7) is 1.47. The molecule has 1 N–H and O–H groups in total. The lowest BCUT2D eigenvalue weighted by Crippen LogP contribution is -2.46. The van der Waals surface area contributed by atoms with Gasteiger partial charge in [0.15, 0.2) is 0 Å². The molecule has 0 unspecified atom stereocenters. The lowest BCUT2D eigenvalue weighted by Gasteiger charge is -2.34. The van der Waals surface area contributed by atoms with Gasteiger partial charge in [0.05, 0.1) is 16.4 Å². The van der Waals surface area contributed by atoms with Crippen LogP contribution in [0.4, 0.5) is 24.5 Å². The molecule has 9 nitrogen and oxygen atoms in total. The number of piperidine rings is 1. The summed E-state index contributed by atoms with van der Waals surface area (Å²) in [6, 6.07) is 1.57. The van der Waals surface area contributed by atoms with Gasteiger partial charge in [-0.2, -0.15) is 13.2 Å². The molecule has 0 radical (unpaired) electrons. The van der Waals surface area contributed by atoms with Crippen molar-refractivity contribution in [3.63, 3.8) is 0 Å². The Morgan fingerprint density at radius 3 is 2.38 bits per heavy atom. The van der Waals surface area contributed by atoms with Crippen molar-refractivity contribution in [3.8, 4) is 0 Å². The van der Waals surface area contributed by atoms with Crippen molar-refractivity contribution in [2.45, 2.75) is 41.7 Å². The molecule has 2 fully saturated rings. The molecule has 0 saturated carbocycles. The predicted molar refractivity (Wildman–Crippen MR) is 93.9 cm³/mol. The number of halogens is 3. The maximum atomic E-state index is 12.7. The molecule has 3 rings (SSSR count). The van der Waals surface area contributed by atoms with E-state index in [2.05, 4.69) is 5.32 Å². The number of likely N-dealkylation sites (tertiary alicyclic amines) is 1. The van der Waals surface area contributed by atoms with Gasteiger partial charge in [-0.15, -0.1) is 0 Å². The zero-order valence-electron chi connectivity index (χ0n) is 15.0. The number of hydrogen-bond donors (Lipinski definition) is 1. The average Bonchev–Trinajstić information content (AvgIpc) is 3.07. The van der Waals surface area contributed by atoms with E-state index >= 15 is 0 Å². The quantitative estimate of drug-likeness (QED) is 0.423. The van der Waals surface area contributed by atoms with Gasteiger partial charge in [-0.3, -0.25) is 19.8 Å². The monoisotopic (exact) mass is 437 g/mol. The maximum absolute atomic E-state index is 12.7. The lowest BCUT2D eigenvalue weighted by molar-refractivity contribution is -0.384. The van der Waals surface area contributed by atoms with E-state index < -0.39 is 30.9 Å². The van der Waals surface area contributed by atoms with Gasteiger partial charge < -0.3 is 10.1 Å². The molecule has 0 aliphatic carbocycles. The summed E-state index contributed by atoms with van der Waals surface area (Å²) < 4.78 is 66.1.